The van der Waals surface area contributed by atoms with Gasteiger partial charge in [-0.1, -0.05) is 0 Å². The number of carbonyl (C=O) groups is 2. The quantitative estimate of drug-likeness (QED) is 0.839. The molecular weight excluding hydrogens is 325 g/mol. The minimum absolute atomic E-state index is 0.169. The van der Waals surface area contributed by atoms with E-state index in [2.05, 4.69) is 10.2 Å². The van der Waals surface area contributed by atoms with E-state index in [4.69, 9.17) is 4.42 Å². The number of nitrogens with one attached hydrogen (secondary N) is 1. The van der Waals surface area contributed by atoms with Crippen molar-refractivity contribution in [1.29, 1.82) is 0 Å². The summed E-state index contributed by atoms with van der Waals surface area (Å²) in [6.45, 7) is 2.68. The molecule has 132 valence electrons. The molecule has 2 aromatic rings. The van der Waals surface area contributed by atoms with Crippen molar-refractivity contribution in [3.63, 3.8) is 0 Å². The van der Waals surface area contributed by atoms with Crippen LogP contribution in [0.3, 0.4) is 0 Å². The van der Waals surface area contributed by atoms with Gasteiger partial charge in [0, 0.05) is 31.9 Å². The number of rotatable bonds is 5. The Bertz CT molecular complexity index is 708. The number of carbonyl (C=O) groups excluding carboxylic acids is 2. The molecule has 0 unspecified atom stereocenters. The fraction of sp³-hybridized carbons (Fsp3) is 0.333. The van der Waals surface area contributed by atoms with E-state index in [1.807, 2.05) is 0 Å². The Labute approximate surface area is 145 Å². The van der Waals surface area contributed by atoms with Gasteiger partial charge in [0.15, 0.2) is 0 Å². The molecule has 1 aromatic carbocycles. The summed E-state index contributed by atoms with van der Waals surface area (Å²) < 4.78 is 18.1. The first-order valence-corrected chi connectivity index (χ1v) is 8.19. The van der Waals surface area contributed by atoms with Crippen LogP contribution in [0.15, 0.2) is 47.1 Å². The van der Waals surface area contributed by atoms with Crippen LogP contribution in [-0.2, 0) is 16.1 Å². The van der Waals surface area contributed by atoms with Crippen LogP contribution in [0.4, 0.5) is 10.1 Å². The van der Waals surface area contributed by atoms with Crippen LogP contribution in [-0.4, -0.2) is 42.9 Å². The minimum Gasteiger partial charge on any atom is -0.467 e. The molecule has 1 saturated heterocycles. The molecule has 2 amide bonds. The number of halogens is 1. The summed E-state index contributed by atoms with van der Waals surface area (Å²) in [7, 11) is 0. The van der Waals surface area contributed by atoms with Gasteiger partial charge < -0.3 is 19.5 Å². The summed E-state index contributed by atoms with van der Waals surface area (Å²) >= 11 is 0. The van der Waals surface area contributed by atoms with Crippen LogP contribution in [0.5, 0.6) is 0 Å². The maximum Gasteiger partial charge on any atom is 0.232 e. The van der Waals surface area contributed by atoms with Gasteiger partial charge in [-0.3, -0.25) is 9.59 Å². The zero-order chi connectivity index (χ0) is 17.6. The van der Waals surface area contributed by atoms with Crippen molar-refractivity contribution >= 4 is 17.5 Å². The van der Waals surface area contributed by atoms with Crippen molar-refractivity contribution in [2.75, 3.05) is 31.1 Å². The molecule has 0 aliphatic carbocycles. The van der Waals surface area contributed by atoms with Gasteiger partial charge in [0.05, 0.1) is 12.8 Å². The Balaban J connectivity index is 1.43. The van der Waals surface area contributed by atoms with Gasteiger partial charge in [-0.25, -0.2) is 4.39 Å². The van der Waals surface area contributed by atoms with E-state index in [0.717, 1.165) is 5.69 Å². The van der Waals surface area contributed by atoms with Crippen molar-refractivity contribution in [3.05, 3.63) is 54.2 Å². The lowest BCUT2D eigenvalue weighted by molar-refractivity contribution is -0.136. The molecule has 7 heteroatoms. The average molecular weight is 345 g/mol. The second-order valence-corrected chi connectivity index (χ2v) is 5.88. The van der Waals surface area contributed by atoms with Crippen LogP contribution in [0, 0.1) is 5.82 Å². The zero-order valence-electron chi connectivity index (χ0n) is 13.8. The molecule has 0 radical (unpaired) electrons. The molecule has 25 heavy (non-hydrogen) atoms. The highest BCUT2D eigenvalue weighted by molar-refractivity contribution is 5.96. The third-order valence-corrected chi connectivity index (χ3v) is 4.18. The fourth-order valence-electron chi connectivity index (χ4n) is 2.78. The number of hydrogen-bond acceptors (Lipinski definition) is 4. The van der Waals surface area contributed by atoms with E-state index in [9.17, 15) is 14.0 Å². The molecule has 1 aliphatic rings. The highest BCUT2D eigenvalue weighted by atomic mass is 19.1. The van der Waals surface area contributed by atoms with Crippen LogP contribution < -0.4 is 10.2 Å². The standard InChI is InChI=1S/C18H20FN3O3/c19-14-3-5-15(6-4-14)21-7-9-22(10-8-21)18(24)12-17(23)20-13-16-2-1-11-25-16/h1-6,11H,7-10,12-13H2,(H,20,23). The van der Waals surface area contributed by atoms with Crippen molar-refractivity contribution in [1.82, 2.24) is 10.2 Å². The second-order valence-electron chi connectivity index (χ2n) is 5.88. The molecule has 0 spiro atoms. The van der Waals surface area contributed by atoms with Crippen LogP contribution in [0.1, 0.15) is 12.2 Å². The number of nitrogens with zero attached hydrogens (tertiary/aromatic N) is 2. The molecule has 1 N–H and O–H groups in total. The maximum atomic E-state index is 13.0. The third kappa shape index (κ3) is 4.59. The van der Waals surface area contributed by atoms with Gasteiger partial charge in [-0.2, -0.15) is 0 Å². The fourth-order valence-corrected chi connectivity index (χ4v) is 2.78. The average Bonchev–Trinajstić information content (AvgIpc) is 3.14. The number of furan rings is 1. The van der Waals surface area contributed by atoms with Gasteiger partial charge >= 0.3 is 0 Å². The van der Waals surface area contributed by atoms with Gasteiger partial charge in [0.25, 0.3) is 0 Å². The monoisotopic (exact) mass is 345 g/mol. The van der Waals surface area contributed by atoms with Gasteiger partial charge in [-0.15, -0.1) is 0 Å². The summed E-state index contributed by atoms with van der Waals surface area (Å²) in [5.74, 6) is -0.120. The van der Waals surface area contributed by atoms with Gasteiger partial charge in [-0.05, 0) is 36.4 Å². The Morgan fingerprint density at radius 2 is 1.80 bits per heavy atom. The van der Waals surface area contributed by atoms with Crippen LogP contribution >= 0.6 is 0 Å². The predicted molar refractivity (Wildman–Crippen MR) is 90.4 cm³/mol. The molecule has 1 aliphatic heterocycles. The molecular formula is C18H20FN3O3. The van der Waals surface area contributed by atoms with Crippen molar-refractivity contribution in [2.45, 2.75) is 13.0 Å². The summed E-state index contributed by atoms with van der Waals surface area (Å²) in [4.78, 5) is 27.9. The third-order valence-electron chi connectivity index (χ3n) is 4.18. The normalized spacial score (nSPS) is 14.4. The van der Waals surface area contributed by atoms with E-state index in [-0.39, 0.29) is 30.6 Å². The Kier molecular flexibility index (Phi) is 5.33. The molecule has 0 bridgehead atoms. The smallest absolute Gasteiger partial charge is 0.232 e. The predicted octanol–water partition coefficient (Wildman–Crippen LogP) is 1.77. The molecule has 0 atom stereocenters. The Morgan fingerprint density at radius 1 is 1.08 bits per heavy atom. The number of benzene rings is 1. The largest absolute Gasteiger partial charge is 0.467 e. The van der Waals surface area contributed by atoms with E-state index in [1.165, 1.54) is 18.4 Å². The summed E-state index contributed by atoms with van der Waals surface area (Å²) in [5.41, 5.74) is 0.935. The summed E-state index contributed by atoms with van der Waals surface area (Å²) in [6.07, 6.45) is 1.37. The van der Waals surface area contributed by atoms with Crippen LogP contribution in [0.2, 0.25) is 0 Å². The van der Waals surface area contributed by atoms with Crippen molar-refractivity contribution in [2.24, 2.45) is 0 Å². The van der Waals surface area contributed by atoms with E-state index in [0.29, 0.717) is 31.9 Å². The van der Waals surface area contributed by atoms with E-state index < -0.39 is 0 Å². The van der Waals surface area contributed by atoms with Gasteiger partial charge in [0.2, 0.25) is 11.8 Å². The molecule has 3 rings (SSSR count). The first-order valence-electron chi connectivity index (χ1n) is 8.19. The maximum absolute atomic E-state index is 13.0. The summed E-state index contributed by atoms with van der Waals surface area (Å²) in [5, 5.41) is 2.67. The van der Waals surface area contributed by atoms with Crippen molar-refractivity contribution in [3.8, 4) is 0 Å². The first-order chi connectivity index (χ1) is 12.1. The lowest BCUT2D eigenvalue weighted by Crippen LogP contribution is -2.49. The van der Waals surface area contributed by atoms with Gasteiger partial charge in [0.1, 0.15) is 18.0 Å². The highest BCUT2D eigenvalue weighted by Gasteiger charge is 2.23. The number of amides is 2. The SMILES string of the molecule is O=C(CC(=O)N1CCN(c2ccc(F)cc2)CC1)NCc1ccco1. The number of hydrogen-bond donors (Lipinski definition) is 1. The lowest BCUT2D eigenvalue weighted by Gasteiger charge is -2.36. The molecule has 6 nitrogen and oxygen atoms in total. The zero-order valence-corrected chi connectivity index (χ0v) is 13.8. The lowest BCUT2D eigenvalue weighted by atomic mass is 10.2. The minimum atomic E-state index is -0.317. The topological polar surface area (TPSA) is 65.8 Å². The second kappa shape index (κ2) is 7.83. The molecule has 1 aromatic heterocycles. The van der Waals surface area contributed by atoms with Crippen LogP contribution in [0.25, 0.3) is 0 Å². The number of anilines is 1. The van der Waals surface area contributed by atoms with E-state index in [1.54, 1.807) is 29.2 Å². The molecule has 2 heterocycles. The molecule has 1 fully saturated rings. The Hall–Kier alpha value is -2.83. The van der Waals surface area contributed by atoms with Crippen molar-refractivity contribution < 1.29 is 18.4 Å². The highest BCUT2D eigenvalue weighted by Crippen LogP contribution is 2.17. The summed E-state index contributed by atoms with van der Waals surface area (Å²) in [6, 6.07) is 9.82. The Morgan fingerprint density at radius 3 is 2.44 bits per heavy atom. The van der Waals surface area contributed by atoms with E-state index >= 15 is 0 Å². The molecule has 0 saturated carbocycles. The number of piperazine rings is 1. The first kappa shape index (κ1) is 17.0.